The third kappa shape index (κ3) is 3.21. The van der Waals surface area contributed by atoms with E-state index in [2.05, 4.69) is 9.47 Å². The number of halogens is 10. The van der Waals surface area contributed by atoms with Crippen molar-refractivity contribution in [1.29, 1.82) is 0 Å². The van der Waals surface area contributed by atoms with Gasteiger partial charge in [0.2, 0.25) is 11.7 Å². The van der Waals surface area contributed by atoms with E-state index < -0.39 is 60.0 Å². The van der Waals surface area contributed by atoms with Crippen LogP contribution in [0.25, 0.3) is 0 Å². The Labute approximate surface area is 151 Å². The molecule has 1 aliphatic heterocycles. The lowest BCUT2D eigenvalue weighted by Gasteiger charge is -2.55. The van der Waals surface area contributed by atoms with E-state index in [0.29, 0.717) is 0 Å². The predicted molar refractivity (Wildman–Crippen MR) is 70.4 cm³/mol. The van der Waals surface area contributed by atoms with Crippen LogP contribution in [0, 0.1) is 5.92 Å². The largest absolute Gasteiger partial charge is 0.449 e. The highest BCUT2D eigenvalue weighted by molar-refractivity contribution is 5.72. The SMILES string of the molecule is CCC(C)C(=O)OC1C(F)(F)C(O)(C(F)(F)F)OC(CC)(C(F)(F)F)C1(F)F. The molecule has 28 heavy (non-hydrogen) atoms. The van der Waals surface area contributed by atoms with Gasteiger partial charge in [-0.3, -0.25) is 4.79 Å². The first-order valence-corrected chi connectivity index (χ1v) is 7.79. The topological polar surface area (TPSA) is 55.8 Å². The molecule has 0 aromatic rings. The molecule has 1 heterocycles. The van der Waals surface area contributed by atoms with E-state index in [1.807, 2.05) is 0 Å². The molecule has 0 bridgehead atoms. The maximum atomic E-state index is 14.6. The van der Waals surface area contributed by atoms with Gasteiger partial charge in [0.1, 0.15) is 0 Å². The van der Waals surface area contributed by atoms with Gasteiger partial charge in [-0.2, -0.15) is 43.9 Å². The molecule has 4 nitrogen and oxygen atoms in total. The van der Waals surface area contributed by atoms with Crippen molar-refractivity contribution in [3.63, 3.8) is 0 Å². The second-order valence-corrected chi connectivity index (χ2v) is 6.29. The summed E-state index contributed by atoms with van der Waals surface area (Å²) in [6.45, 7) is 2.50. The third-order valence-electron chi connectivity index (χ3n) is 4.56. The smallest absolute Gasteiger partial charge is 0.449 e. The number of alkyl halides is 10. The van der Waals surface area contributed by atoms with Gasteiger partial charge in [-0.15, -0.1) is 0 Å². The molecule has 4 unspecified atom stereocenters. The number of ether oxygens (including phenoxy) is 2. The lowest BCUT2D eigenvalue weighted by Crippen LogP contribution is -2.83. The molecule has 0 saturated carbocycles. The summed E-state index contributed by atoms with van der Waals surface area (Å²) in [6.07, 6.45) is -19.8. The van der Waals surface area contributed by atoms with Crippen molar-refractivity contribution in [2.24, 2.45) is 5.92 Å². The molecule has 0 spiro atoms. The summed E-state index contributed by atoms with van der Waals surface area (Å²) in [5, 5.41) is 9.36. The monoisotopic (exact) mass is 438 g/mol. The van der Waals surface area contributed by atoms with Crippen LogP contribution in [0.15, 0.2) is 0 Å². The summed E-state index contributed by atoms with van der Waals surface area (Å²) < 4.78 is 144. The van der Waals surface area contributed by atoms with Gasteiger partial charge in [0.05, 0.1) is 5.92 Å². The van der Waals surface area contributed by atoms with Gasteiger partial charge in [-0.05, 0) is 12.8 Å². The second kappa shape index (κ2) is 6.89. The lowest BCUT2D eigenvalue weighted by molar-refractivity contribution is -0.540. The first-order valence-electron chi connectivity index (χ1n) is 7.79. The molecule has 4 atom stereocenters. The minimum absolute atomic E-state index is 0.207. The Morgan fingerprint density at radius 3 is 1.82 bits per heavy atom. The highest BCUT2D eigenvalue weighted by Crippen LogP contribution is 2.62. The average Bonchev–Trinajstić information content (AvgIpc) is 2.52. The lowest BCUT2D eigenvalue weighted by atomic mass is 9.79. The number of rotatable bonds is 4. The van der Waals surface area contributed by atoms with Crippen LogP contribution >= 0.6 is 0 Å². The van der Waals surface area contributed by atoms with Gasteiger partial charge < -0.3 is 14.6 Å². The summed E-state index contributed by atoms with van der Waals surface area (Å²) in [5.41, 5.74) is -5.22. The first kappa shape index (κ1) is 24.7. The summed E-state index contributed by atoms with van der Waals surface area (Å²) in [6, 6.07) is 0. The molecular weight excluding hydrogens is 422 g/mol. The molecular formula is C14H16F10O4. The van der Waals surface area contributed by atoms with Crippen LogP contribution in [0.2, 0.25) is 0 Å². The molecule has 1 saturated heterocycles. The van der Waals surface area contributed by atoms with Crippen molar-refractivity contribution < 1.29 is 63.3 Å². The van der Waals surface area contributed by atoms with E-state index in [9.17, 15) is 53.8 Å². The average molecular weight is 438 g/mol. The van der Waals surface area contributed by atoms with Crippen molar-refractivity contribution >= 4 is 5.97 Å². The number of aliphatic hydroxyl groups is 1. The highest BCUT2D eigenvalue weighted by Gasteiger charge is 2.91. The maximum Gasteiger partial charge on any atom is 0.449 e. The van der Waals surface area contributed by atoms with E-state index in [0.717, 1.165) is 6.92 Å². The van der Waals surface area contributed by atoms with E-state index in [1.165, 1.54) is 6.92 Å². The van der Waals surface area contributed by atoms with Crippen molar-refractivity contribution in [2.75, 3.05) is 0 Å². The van der Waals surface area contributed by atoms with Crippen LogP contribution in [0.3, 0.4) is 0 Å². The molecule has 166 valence electrons. The van der Waals surface area contributed by atoms with Gasteiger partial charge in [0, 0.05) is 0 Å². The number of carbonyl (C=O) groups is 1. The molecule has 1 N–H and O–H groups in total. The van der Waals surface area contributed by atoms with Gasteiger partial charge in [-0.25, -0.2) is 0 Å². The molecule has 0 aliphatic carbocycles. The Hall–Kier alpha value is -1.31. The number of carbonyl (C=O) groups excluding carboxylic acids is 1. The molecule has 14 heteroatoms. The highest BCUT2D eigenvalue weighted by atomic mass is 19.4. The zero-order valence-electron chi connectivity index (χ0n) is 14.5. The zero-order chi connectivity index (χ0) is 22.6. The van der Waals surface area contributed by atoms with Crippen LogP contribution in [0.4, 0.5) is 43.9 Å². The van der Waals surface area contributed by atoms with E-state index in [-0.39, 0.29) is 13.3 Å². The fraction of sp³-hybridized carbons (Fsp3) is 0.929. The number of hydrogen-bond acceptors (Lipinski definition) is 4. The van der Waals surface area contributed by atoms with Crippen LogP contribution < -0.4 is 0 Å². The third-order valence-corrected chi connectivity index (χ3v) is 4.56. The van der Waals surface area contributed by atoms with Gasteiger partial charge in [-0.1, -0.05) is 20.8 Å². The van der Waals surface area contributed by atoms with Crippen molar-refractivity contribution in [3.8, 4) is 0 Å². The van der Waals surface area contributed by atoms with Gasteiger partial charge in [0.15, 0.2) is 0 Å². The number of hydrogen-bond donors (Lipinski definition) is 1. The molecule has 0 radical (unpaired) electrons. The van der Waals surface area contributed by atoms with Crippen molar-refractivity contribution in [1.82, 2.24) is 0 Å². The minimum Gasteiger partial charge on any atom is -0.449 e. The Kier molecular flexibility index (Phi) is 6.08. The minimum atomic E-state index is -6.65. The van der Waals surface area contributed by atoms with Gasteiger partial charge in [0.25, 0.3) is 0 Å². The standard InChI is InChI=1S/C14H16F10O4/c1-4-6(3)7(25)27-8-10(15,16)9(5-2,13(19,20)21)28-12(26,11(8,17)18)14(22,23)24/h6,8,26H,4-5H2,1-3H3. The van der Waals surface area contributed by atoms with Gasteiger partial charge >= 0.3 is 36.0 Å². The molecule has 1 rings (SSSR count). The van der Waals surface area contributed by atoms with Crippen molar-refractivity contribution in [2.45, 2.75) is 75.3 Å². The number of esters is 1. The molecule has 0 aromatic heterocycles. The van der Waals surface area contributed by atoms with E-state index in [4.69, 9.17) is 0 Å². The Morgan fingerprint density at radius 2 is 1.50 bits per heavy atom. The Balaban J connectivity index is 3.80. The van der Waals surface area contributed by atoms with Crippen LogP contribution in [0.5, 0.6) is 0 Å². The summed E-state index contributed by atoms with van der Waals surface area (Å²) in [5.74, 6) is -21.4. The molecule has 1 aliphatic rings. The quantitative estimate of drug-likeness (QED) is 0.528. The van der Waals surface area contributed by atoms with Crippen LogP contribution in [-0.4, -0.2) is 52.8 Å². The van der Waals surface area contributed by atoms with Crippen molar-refractivity contribution in [3.05, 3.63) is 0 Å². The predicted octanol–water partition coefficient (Wildman–Crippen LogP) is 4.21. The molecule has 0 aromatic carbocycles. The Morgan fingerprint density at radius 1 is 1.04 bits per heavy atom. The molecule has 0 amide bonds. The second-order valence-electron chi connectivity index (χ2n) is 6.29. The summed E-state index contributed by atoms with van der Waals surface area (Å²) in [4.78, 5) is 11.7. The fourth-order valence-electron chi connectivity index (χ4n) is 2.55. The first-order chi connectivity index (χ1) is 12.3. The Bertz CT molecular complexity index is 602. The summed E-state index contributed by atoms with van der Waals surface area (Å²) >= 11 is 0. The van der Waals surface area contributed by atoms with Crippen LogP contribution in [0.1, 0.15) is 33.6 Å². The maximum absolute atomic E-state index is 14.6. The molecule has 1 fully saturated rings. The van der Waals surface area contributed by atoms with Crippen LogP contribution in [-0.2, 0) is 14.3 Å². The zero-order valence-corrected chi connectivity index (χ0v) is 14.5. The van der Waals surface area contributed by atoms with E-state index >= 15 is 0 Å². The fourth-order valence-corrected chi connectivity index (χ4v) is 2.55. The summed E-state index contributed by atoms with van der Waals surface area (Å²) in [7, 11) is 0. The normalized spacial score (nSPS) is 34.0. The van der Waals surface area contributed by atoms with E-state index in [1.54, 1.807) is 0 Å².